The molecule has 4 aromatic rings. The van der Waals surface area contributed by atoms with Gasteiger partial charge in [0.15, 0.2) is 0 Å². The summed E-state index contributed by atoms with van der Waals surface area (Å²) in [4.78, 5) is 69.8. The van der Waals surface area contributed by atoms with Gasteiger partial charge in [-0.15, -0.1) is 0 Å². The number of anilines is 4. The number of ether oxygens (including phenoxy) is 1. The third-order valence-electron chi connectivity index (χ3n) is 10.8. The number of aromatic nitrogens is 4. The van der Waals surface area contributed by atoms with Crippen LogP contribution in [0.2, 0.25) is 0 Å². The highest BCUT2D eigenvalue weighted by molar-refractivity contribution is 6.40. The number of carbonyl (C=O) groups is 4. The molecule has 66 heavy (non-hydrogen) atoms. The first-order valence-electron chi connectivity index (χ1n) is 21.3. The molecular weight excluding hydrogens is 875 g/mol. The number of carbonyl (C=O) groups excluding carboxylic acids is 4. The molecule has 15 nitrogen and oxygen atoms in total. The first kappa shape index (κ1) is 52.2. The molecule has 0 radical (unpaired) electrons. The molecule has 2 unspecified atom stereocenters. The normalized spacial score (nSPS) is 14.4. The predicted molar refractivity (Wildman–Crippen MR) is 235 cm³/mol. The summed E-state index contributed by atoms with van der Waals surface area (Å²) in [7, 11) is 1.49. The summed E-state index contributed by atoms with van der Waals surface area (Å²) in [5.41, 5.74) is 12.4. The van der Waals surface area contributed by atoms with Crippen molar-refractivity contribution in [2.45, 2.75) is 111 Å². The Morgan fingerprint density at radius 3 is 1.59 bits per heavy atom. The van der Waals surface area contributed by atoms with E-state index in [4.69, 9.17) is 16.2 Å². The summed E-state index contributed by atoms with van der Waals surface area (Å²) in [5.74, 6) is -2.25. The highest BCUT2D eigenvalue weighted by atomic mass is 19.4. The minimum absolute atomic E-state index is 0.00312. The SMILES string of the molecule is CC.COCC(C1CC1)N(Cc1ccc(C(F)(F)F)cn1)C(=O)C(=O)Nc1cnc(N)c(C2CC2)c1.Cc1cc(NC(=O)C(=O)N(Cc2ccc(C(F)(F)F)cn2)C(C)C(C)C)cnc1N. The maximum Gasteiger partial charge on any atom is 0.417 e. The fraction of sp³-hybridized carbons (Fsp3) is 0.467. The summed E-state index contributed by atoms with van der Waals surface area (Å²) in [6.45, 7) is 11.2. The molecular formula is C45H56F6N10O5. The molecule has 2 aliphatic carbocycles. The van der Waals surface area contributed by atoms with Gasteiger partial charge in [-0.05, 0) is 105 Å². The minimum Gasteiger partial charge on any atom is -0.383 e. The van der Waals surface area contributed by atoms with Crippen LogP contribution in [0, 0.1) is 18.8 Å². The lowest BCUT2D eigenvalue weighted by Crippen LogP contribution is -2.48. The highest BCUT2D eigenvalue weighted by Crippen LogP contribution is 2.43. The average Bonchev–Trinajstić information content (AvgIpc) is 4.22. The fourth-order valence-corrected chi connectivity index (χ4v) is 6.52. The van der Waals surface area contributed by atoms with E-state index in [0.29, 0.717) is 40.7 Å². The molecule has 4 amide bonds. The van der Waals surface area contributed by atoms with Gasteiger partial charge in [0.2, 0.25) is 0 Å². The largest absolute Gasteiger partial charge is 0.417 e. The van der Waals surface area contributed by atoms with Gasteiger partial charge >= 0.3 is 36.0 Å². The summed E-state index contributed by atoms with van der Waals surface area (Å²) in [6, 6.07) is 6.76. The second kappa shape index (κ2) is 22.7. The van der Waals surface area contributed by atoms with Crippen LogP contribution in [0.5, 0.6) is 0 Å². The number of alkyl halides is 6. The maximum absolute atomic E-state index is 13.2. The van der Waals surface area contributed by atoms with Crippen LogP contribution >= 0.6 is 0 Å². The highest BCUT2D eigenvalue weighted by Gasteiger charge is 2.40. The van der Waals surface area contributed by atoms with Crippen LogP contribution in [0.4, 0.5) is 49.4 Å². The summed E-state index contributed by atoms with van der Waals surface area (Å²) in [6.07, 6.45) is -1.13. The number of nitrogens with zero attached hydrogens (tertiary/aromatic N) is 6. The van der Waals surface area contributed by atoms with E-state index in [9.17, 15) is 45.5 Å². The third-order valence-corrected chi connectivity index (χ3v) is 10.8. The van der Waals surface area contributed by atoms with Crippen LogP contribution in [0.3, 0.4) is 0 Å². The molecule has 2 aliphatic rings. The van der Waals surface area contributed by atoms with E-state index in [0.717, 1.165) is 49.6 Å². The van der Waals surface area contributed by atoms with Gasteiger partial charge in [0.25, 0.3) is 0 Å². The number of pyridine rings is 4. The van der Waals surface area contributed by atoms with Crippen molar-refractivity contribution in [1.82, 2.24) is 29.7 Å². The van der Waals surface area contributed by atoms with E-state index in [1.54, 1.807) is 26.0 Å². The Kier molecular flexibility index (Phi) is 18.0. The lowest BCUT2D eigenvalue weighted by molar-refractivity contribution is -0.146. The number of hydrogen-bond donors (Lipinski definition) is 4. The molecule has 358 valence electrons. The second-order valence-corrected chi connectivity index (χ2v) is 16.1. The number of nitrogen functional groups attached to an aromatic ring is 2. The van der Waals surface area contributed by atoms with Crippen molar-refractivity contribution in [3.63, 3.8) is 0 Å². The summed E-state index contributed by atoms with van der Waals surface area (Å²) >= 11 is 0. The zero-order chi connectivity index (χ0) is 49.1. The predicted octanol–water partition coefficient (Wildman–Crippen LogP) is 7.77. The smallest absolute Gasteiger partial charge is 0.383 e. The van der Waals surface area contributed by atoms with Crippen LogP contribution in [0.15, 0.2) is 61.2 Å². The van der Waals surface area contributed by atoms with Crippen molar-refractivity contribution >= 4 is 46.6 Å². The number of aryl methyl sites for hydroxylation is 1. The summed E-state index contributed by atoms with van der Waals surface area (Å²) < 4.78 is 82.2. The molecule has 0 saturated heterocycles. The lowest BCUT2D eigenvalue weighted by atomic mass is 10.0. The van der Waals surface area contributed by atoms with Gasteiger partial charge < -0.3 is 36.6 Å². The first-order valence-corrected chi connectivity index (χ1v) is 21.3. The quantitative estimate of drug-likeness (QED) is 0.0751. The number of methoxy groups -OCH3 is 1. The van der Waals surface area contributed by atoms with Gasteiger partial charge in [-0.25, -0.2) is 9.97 Å². The Labute approximate surface area is 379 Å². The van der Waals surface area contributed by atoms with E-state index >= 15 is 0 Å². The molecule has 0 aromatic carbocycles. The Bertz CT molecular complexity index is 2290. The lowest BCUT2D eigenvalue weighted by Gasteiger charge is -2.31. The van der Waals surface area contributed by atoms with Crippen molar-refractivity contribution in [2.75, 3.05) is 35.8 Å². The topological polar surface area (TPSA) is 212 Å². The molecule has 21 heteroatoms. The number of hydrogen-bond acceptors (Lipinski definition) is 11. The summed E-state index contributed by atoms with van der Waals surface area (Å²) in [5, 5.41) is 5.07. The number of rotatable bonds is 13. The number of nitrogens with one attached hydrogen (secondary N) is 2. The second-order valence-electron chi connectivity index (χ2n) is 16.1. The van der Waals surface area contributed by atoms with Gasteiger partial charge in [-0.3, -0.25) is 29.1 Å². The van der Waals surface area contributed by atoms with Gasteiger partial charge in [-0.1, -0.05) is 27.7 Å². The van der Waals surface area contributed by atoms with Crippen LogP contribution in [-0.4, -0.2) is 79.2 Å². The Hall–Kier alpha value is -6.38. The van der Waals surface area contributed by atoms with Crippen molar-refractivity contribution in [3.8, 4) is 0 Å². The standard InChI is InChI=1S/C23H26F3N5O3.C20H24F3N5O2.C2H6/c1-34-12-19(14-4-5-14)31(11-16-7-6-15(9-28-16)23(24,25)26)22(33)21(32)30-17-8-18(13-2-3-13)20(27)29-10-17;1-11(2)13(4)28(10-15-6-5-14(8-25-15)20(21,22)23)19(30)18(29)27-16-7-12(3)17(24)26-9-16;1-2/h6-10,13-14,19H,2-5,11-12H2,1H3,(H2,27,29)(H,30,32);5-9,11,13H,10H2,1-4H3,(H2,24,26)(H,27,29);1-2H3. The van der Waals surface area contributed by atoms with Crippen LogP contribution in [0.25, 0.3) is 0 Å². The Morgan fingerprint density at radius 1 is 0.712 bits per heavy atom. The Morgan fingerprint density at radius 2 is 1.18 bits per heavy atom. The van der Waals surface area contributed by atoms with E-state index < -0.39 is 53.2 Å². The third kappa shape index (κ3) is 14.6. The Balaban J connectivity index is 0.000000281. The van der Waals surface area contributed by atoms with Crippen LogP contribution in [-0.2, 0) is 49.4 Å². The van der Waals surface area contributed by atoms with Crippen molar-refractivity contribution in [2.24, 2.45) is 11.8 Å². The first-order chi connectivity index (χ1) is 31.1. The van der Waals surface area contributed by atoms with E-state index in [-0.39, 0.29) is 49.0 Å². The van der Waals surface area contributed by atoms with Gasteiger partial charge in [0, 0.05) is 25.5 Å². The van der Waals surface area contributed by atoms with Gasteiger partial charge in [0.05, 0.1) is 72.0 Å². The molecule has 4 heterocycles. The van der Waals surface area contributed by atoms with Crippen LogP contribution < -0.4 is 22.1 Å². The van der Waals surface area contributed by atoms with Crippen molar-refractivity contribution in [1.29, 1.82) is 0 Å². The molecule has 0 bridgehead atoms. The fourth-order valence-electron chi connectivity index (χ4n) is 6.52. The van der Waals surface area contributed by atoms with Crippen molar-refractivity contribution < 1.29 is 50.3 Å². The van der Waals surface area contributed by atoms with Crippen LogP contribution in [0.1, 0.15) is 99.9 Å². The minimum atomic E-state index is -4.51. The number of halogens is 6. The van der Waals surface area contributed by atoms with Crippen molar-refractivity contribution in [3.05, 3.63) is 94.8 Å². The zero-order valence-electron chi connectivity index (χ0n) is 37.8. The van der Waals surface area contributed by atoms with E-state index in [1.165, 1.54) is 41.4 Å². The monoisotopic (exact) mass is 930 g/mol. The number of nitrogens with two attached hydrogens (primary N) is 2. The molecule has 6 rings (SSSR count). The molecule has 4 aromatic heterocycles. The molecule has 0 aliphatic heterocycles. The van der Waals surface area contributed by atoms with Gasteiger partial charge in [0.1, 0.15) is 11.6 Å². The maximum atomic E-state index is 13.2. The average molecular weight is 931 g/mol. The molecule has 2 fully saturated rings. The molecule has 0 spiro atoms. The van der Waals surface area contributed by atoms with E-state index in [2.05, 4.69) is 30.6 Å². The molecule has 2 atom stereocenters. The number of amides is 4. The van der Waals surface area contributed by atoms with Gasteiger partial charge in [-0.2, -0.15) is 26.3 Å². The van der Waals surface area contributed by atoms with E-state index in [1.807, 2.05) is 27.7 Å². The molecule has 2 saturated carbocycles. The zero-order valence-corrected chi connectivity index (χ0v) is 37.8. The molecule has 6 N–H and O–H groups in total.